The van der Waals surface area contributed by atoms with Crippen molar-refractivity contribution in [2.24, 2.45) is 23.7 Å². The monoisotopic (exact) mass is 1100 g/mol. The third-order valence-electron chi connectivity index (χ3n) is 14.1. The van der Waals surface area contributed by atoms with Crippen molar-refractivity contribution < 1.29 is 52.5 Å². The van der Waals surface area contributed by atoms with E-state index in [4.69, 9.17) is 23.7 Å². The van der Waals surface area contributed by atoms with E-state index in [1.807, 2.05) is 13.8 Å². The van der Waals surface area contributed by atoms with E-state index in [1.165, 1.54) is 122 Å². The van der Waals surface area contributed by atoms with E-state index in [1.54, 1.807) is 0 Å². The maximum atomic E-state index is 12.8. The molecule has 0 aromatic heterocycles. The molecule has 78 heavy (non-hydrogen) atoms. The van der Waals surface area contributed by atoms with Crippen molar-refractivity contribution in [3.8, 4) is 0 Å². The summed E-state index contributed by atoms with van der Waals surface area (Å²) in [6, 6.07) is 0. The molecule has 1 rings (SSSR count). The normalized spacial score (nSPS) is 14.0. The highest BCUT2D eigenvalue weighted by Crippen LogP contribution is 2.24. The Morgan fingerprint density at radius 3 is 1.21 bits per heavy atom. The zero-order valence-electron chi connectivity index (χ0n) is 51.4. The van der Waals surface area contributed by atoms with Gasteiger partial charge >= 0.3 is 23.9 Å². The first-order valence-corrected chi connectivity index (χ1v) is 31.3. The van der Waals surface area contributed by atoms with Gasteiger partial charge in [0.05, 0.1) is 26.4 Å². The Labute approximate surface area is 477 Å². The van der Waals surface area contributed by atoms with E-state index in [9.17, 15) is 28.8 Å². The maximum absolute atomic E-state index is 12.8. The lowest BCUT2D eigenvalue weighted by molar-refractivity contribution is -0.153. The van der Waals surface area contributed by atoms with Crippen LogP contribution in [0.3, 0.4) is 0 Å². The maximum Gasteiger partial charge on any atom is 0.306 e. The highest BCUT2D eigenvalue weighted by Gasteiger charge is 2.26. The molecule has 0 saturated carbocycles. The van der Waals surface area contributed by atoms with Gasteiger partial charge in [-0.15, -0.1) is 0 Å². The number of likely N-dealkylation sites (tertiary alicyclic amines) is 1. The minimum atomic E-state index is -0.543. The van der Waals surface area contributed by atoms with Crippen molar-refractivity contribution in [1.29, 1.82) is 0 Å². The summed E-state index contributed by atoms with van der Waals surface area (Å²) in [6.07, 6.45) is 33.2. The van der Waals surface area contributed by atoms with E-state index in [2.05, 4.69) is 72.0 Å². The number of ketones is 2. The van der Waals surface area contributed by atoms with Crippen molar-refractivity contribution in [3.05, 3.63) is 43.4 Å². The minimum absolute atomic E-state index is 0.0297. The number of ether oxygens (including phenoxy) is 5. The van der Waals surface area contributed by atoms with E-state index in [0.29, 0.717) is 57.9 Å². The predicted octanol–water partition coefficient (Wildman–Crippen LogP) is 16.5. The molecule has 12 heteroatoms. The highest BCUT2D eigenvalue weighted by molar-refractivity contribution is 5.89. The molecule has 0 N–H and O–H groups in total. The standard InChI is InChI=1S/C33H58O7.C27H46O4.C6H13N/c1-6-10-12-14-16-18-20-38-31(35)24-28(25-32(36)39-21-19-17-15-13-11-7-2)26-33(37)40-30(9-4)23-27(5)22-29(34)8-3;1-5-9-11-13-15-17-19-30-26(8-4)22-24(21-25(28)7-3)23-27(29)31-20-18-16-14-12-10-6-2;1-6-3-4-7(2)5-6/h8,27-28,30H,3,6-7,9-26H2,1-2,4-5H3;7,24H,3-6,9-23H2,1-2H3;6H,3-5H2,1-2H3/t27?,30-;;/m0../s1. The zero-order valence-corrected chi connectivity index (χ0v) is 51.4. The second-order valence-electron chi connectivity index (χ2n) is 22.2. The van der Waals surface area contributed by atoms with Crippen molar-refractivity contribution in [1.82, 2.24) is 4.90 Å². The van der Waals surface area contributed by atoms with Gasteiger partial charge in [-0.1, -0.05) is 202 Å². The first-order valence-electron chi connectivity index (χ1n) is 31.3. The van der Waals surface area contributed by atoms with E-state index >= 15 is 0 Å². The van der Waals surface area contributed by atoms with Crippen LogP contribution < -0.4 is 0 Å². The van der Waals surface area contributed by atoms with Gasteiger partial charge < -0.3 is 28.6 Å². The van der Waals surface area contributed by atoms with Crippen LogP contribution in [-0.4, -0.2) is 93.0 Å². The SMILES string of the molecule is C=C=C(CC(CC(=O)C=C)CC(=O)OCCCCCCCC)OCCCCCCCC.C=CC(=O)CC(C)C[C@H](CC)OC(=O)CC(CC(=O)OCCCCCCCC)CC(=O)OCCCCCCCC.CC1CCN(C)C1. The van der Waals surface area contributed by atoms with Gasteiger partial charge in [-0.3, -0.25) is 28.8 Å². The third kappa shape index (κ3) is 50.2. The van der Waals surface area contributed by atoms with Crippen LogP contribution in [0.15, 0.2) is 43.4 Å². The Bertz CT molecular complexity index is 1560. The quantitative estimate of drug-likeness (QED) is 0.0142. The molecule has 12 nitrogen and oxygen atoms in total. The van der Waals surface area contributed by atoms with Gasteiger partial charge in [0.1, 0.15) is 11.9 Å². The zero-order chi connectivity index (χ0) is 58.4. The molecule has 4 atom stereocenters. The molecule has 1 fully saturated rings. The molecule has 1 aliphatic heterocycles. The van der Waals surface area contributed by atoms with Crippen LogP contribution in [0.4, 0.5) is 0 Å². The number of hydrogen-bond acceptors (Lipinski definition) is 12. The molecule has 3 unspecified atom stereocenters. The summed E-state index contributed by atoms with van der Waals surface area (Å²) in [4.78, 5) is 76.1. The smallest absolute Gasteiger partial charge is 0.306 e. The molecule has 0 spiro atoms. The fraction of sp³-hybridized carbons (Fsp3) is 0.803. The topological polar surface area (TPSA) is 152 Å². The Morgan fingerprint density at radius 2 is 0.872 bits per heavy atom. The second-order valence-corrected chi connectivity index (χ2v) is 22.2. The lowest BCUT2D eigenvalue weighted by Crippen LogP contribution is -2.25. The van der Waals surface area contributed by atoms with Crippen LogP contribution >= 0.6 is 0 Å². The number of allylic oxidation sites excluding steroid dienone is 3. The number of unbranched alkanes of at least 4 members (excludes halogenated alkanes) is 20. The molecule has 0 bridgehead atoms. The van der Waals surface area contributed by atoms with Crippen molar-refractivity contribution in [2.45, 2.75) is 273 Å². The Balaban J connectivity index is 0. The molecule has 0 aromatic carbocycles. The van der Waals surface area contributed by atoms with E-state index < -0.39 is 23.8 Å². The molecule has 0 radical (unpaired) electrons. The van der Waals surface area contributed by atoms with Gasteiger partial charge in [-0.2, -0.15) is 0 Å². The average Bonchev–Trinajstić information content (AvgIpc) is 3.80. The Kier molecular flexibility index (Phi) is 53.5. The van der Waals surface area contributed by atoms with Gasteiger partial charge in [-0.25, -0.2) is 0 Å². The fourth-order valence-corrected chi connectivity index (χ4v) is 9.29. The van der Waals surface area contributed by atoms with Gasteiger partial charge in [0.2, 0.25) is 0 Å². The molecular weight excluding hydrogens is 983 g/mol. The van der Waals surface area contributed by atoms with Gasteiger partial charge in [0.25, 0.3) is 0 Å². The molecular formula is C66H117NO11. The first kappa shape index (κ1) is 76.0. The molecule has 0 amide bonds. The molecule has 452 valence electrons. The Hall–Kier alpha value is -4.02. The van der Waals surface area contributed by atoms with Crippen LogP contribution in [0.2, 0.25) is 0 Å². The van der Waals surface area contributed by atoms with Crippen LogP contribution in [0.25, 0.3) is 0 Å². The first-order chi connectivity index (χ1) is 37.6. The van der Waals surface area contributed by atoms with Gasteiger partial charge in [0, 0.05) is 51.5 Å². The fourth-order valence-electron chi connectivity index (χ4n) is 9.29. The largest absolute Gasteiger partial charge is 0.490 e. The predicted molar refractivity (Wildman–Crippen MR) is 320 cm³/mol. The van der Waals surface area contributed by atoms with Crippen molar-refractivity contribution in [3.63, 3.8) is 0 Å². The average molecular weight is 1100 g/mol. The van der Waals surface area contributed by atoms with Crippen LogP contribution in [0, 0.1) is 23.7 Å². The summed E-state index contributed by atoms with van der Waals surface area (Å²) in [5.41, 5.74) is 2.84. The van der Waals surface area contributed by atoms with E-state index in [0.717, 1.165) is 70.1 Å². The second kappa shape index (κ2) is 54.9. The van der Waals surface area contributed by atoms with Crippen LogP contribution in [0.5, 0.6) is 0 Å². The number of carbonyl (C=O) groups is 6. The van der Waals surface area contributed by atoms with Gasteiger partial charge in [0.15, 0.2) is 11.6 Å². The molecule has 0 aliphatic carbocycles. The van der Waals surface area contributed by atoms with Crippen LogP contribution in [-0.2, 0) is 52.5 Å². The summed E-state index contributed by atoms with van der Waals surface area (Å²) in [6.45, 7) is 30.1. The lowest BCUT2D eigenvalue weighted by Gasteiger charge is -2.21. The molecule has 1 saturated heterocycles. The number of rotatable bonds is 49. The summed E-state index contributed by atoms with van der Waals surface area (Å²) >= 11 is 0. The highest BCUT2D eigenvalue weighted by atomic mass is 16.5. The summed E-state index contributed by atoms with van der Waals surface area (Å²) in [7, 11) is 2.18. The van der Waals surface area contributed by atoms with Crippen molar-refractivity contribution in [2.75, 3.05) is 46.6 Å². The number of carbonyl (C=O) groups excluding carboxylic acids is 6. The minimum Gasteiger partial charge on any atom is -0.490 e. The van der Waals surface area contributed by atoms with Crippen LogP contribution in [0.1, 0.15) is 267 Å². The van der Waals surface area contributed by atoms with Crippen molar-refractivity contribution >= 4 is 35.4 Å². The summed E-state index contributed by atoms with van der Waals surface area (Å²) in [5.74, 6) is -0.730. The third-order valence-corrected chi connectivity index (χ3v) is 14.1. The summed E-state index contributed by atoms with van der Waals surface area (Å²) in [5, 5.41) is 0. The lowest BCUT2D eigenvalue weighted by atomic mass is 9.94. The molecule has 0 aromatic rings. The molecule has 1 heterocycles. The van der Waals surface area contributed by atoms with E-state index in [-0.39, 0.29) is 67.6 Å². The number of hydrogen-bond donors (Lipinski definition) is 0. The Morgan fingerprint density at radius 1 is 0.513 bits per heavy atom. The number of esters is 4. The molecule has 1 aliphatic rings. The van der Waals surface area contributed by atoms with Gasteiger partial charge in [-0.05, 0) is 94.4 Å². The summed E-state index contributed by atoms with van der Waals surface area (Å²) < 4.78 is 27.7. The number of nitrogens with zero attached hydrogens (tertiary/aromatic N) is 1.